The molecule has 30 heavy (non-hydrogen) atoms. The average Bonchev–Trinajstić information content (AvgIpc) is 3.16. The van der Waals surface area contributed by atoms with E-state index in [9.17, 15) is 18.0 Å². The van der Waals surface area contributed by atoms with Crippen molar-refractivity contribution in [1.29, 1.82) is 0 Å². The SMILES string of the molecule is CC(/C=N\NC(=O)Cn1nnc(-c2cccc(C(F)(F)F)c2)n1)=C\c1ccccc1. The first-order chi connectivity index (χ1) is 14.3. The molecule has 0 saturated carbocycles. The van der Waals surface area contributed by atoms with E-state index in [2.05, 4.69) is 25.9 Å². The molecule has 1 heterocycles. The molecule has 10 heteroatoms. The van der Waals surface area contributed by atoms with Crippen molar-refractivity contribution in [2.45, 2.75) is 19.6 Å². The fourth-order valence-corrected chi connectivity index (χ4v) is 2.48. The molecule has 0 fully saturated rings. The first-order valence-electron chi connectivity index (χ1n) is 8.82. The third-order valence-electron chi connectivity index (χ3n) is 3.84. The molecule has 0 aliphatic heterocycles. The topological polar surface area (TPSA) is 85.1 Å². The minimum Gasteiger partial charge on any atom is -0.271 e. The summed E-state index contributed by atoms with van der Waals surface area (Å²) in [4.78, 5) is 12.9. The molecule has 0 atom stereocenters. The minimum absolute atomic E-state index is 0.0148. The van der Waals surface area contributed by atoms with Crippen LogP contribution in [0, 0.1) is 0 Å². The maximum atomic E-state index is 12.8. The number of tetrazole rings is 1. The van der Waals surface area contributed by atoms with Gasteiger partial charge in [0.15, 0.2) is 0 Å². The highest BCUT2D eigenvalue weighted by Gasteiger charge is 2.30. The number of carbonyl (C=O) groups excluding carboxylic acids is 1. The van der Waals surface area contributed by atoms with E-state index < -0.39 is 17.6 Å². The number of nitrogens with one attached hydrogen (secondary N) is 1. The quantitative estimate of drug-likeness (QED) is 0.494. The van der Waals surface area contributed by atoms with E-state index in [-0.39, 0.29) is 17.9 Å². The molecule has 154 valence electrons. The van der Waals surface area contributed by atoms with Gasteiger partial charge in [0.1, 0.15) is 6.54 Å². The fraction of sp³-hybridized carbons (Fsp3) is 0.150. The van der Waals surface area contributed by atoms with Crippen LogP contribution in [0.15, 0.2) is 65.3 Å². The van der Waals surface area contributed by atoms with Crippen LogP contribution in [0.25, 0.3) is 17.5 Å². The summed E-state index contributed by atoms with van der Waals surface area (Å²) >= 11 is 0. The summed E-state index contributed by atoms with van der Waals surface area (Å²) in [5, 5.41) is 15.2. The molecular weight excluding hydrogens is 397 g/mol. The van der Waals surface area contributed by atoms with Crippen LogP contribution in [0.4, 0.5) is 13.2 Å². The second-order valence-electron chi connectivity index (χ2n) is 6.31. The van der Waals surface area contributed by atoms with E-state index in [0.29, 0.717) is 0 Å². The third kappa shape index (κ3) is 5.84. The van der Waals surface area contributed by atoms with E-state index in [1.165, 1.54) is 18.3 Å². The molecule has 1 amide bonds. The van der Waals surface area contributed by atoms with Crippen molar-refractivity contribution in [2.24, 2.45) is 5.10 Å². The fourth-order valence-electron chi connectivity index (χ4n) is 2.48. The van der Waals surface area contributed by atoms with Gasteiger partial charge in [-0.3, -0.25) is 4.79 Å². The standard InChI is InChI=1S/C20H17F3N6O/c1-14(10-15-6-3-2-4-7-15)12-24-25-18(30)13-29-27-19(26-28-29)16-8-5-9-17(11-16)20(21,22)23/h2-12H,13H2,1H3,(H,25,30)/b14-10+,24-12-. The van der Waals surface area contributed by atoms with Gasteiger partial charge in [0.25, 0.3) is 5.91 Å². The van der Waals surface area contributed by atoms with Gasteiger partial charge in [0, 0.05) is 5.56 Å². The van der Waals surface area contributed by atoms with Gasteiger partial charge in [-0.15, -0.1) is 10.2 Å². The molecule has 2 aromatic carbocycles. The Morgan fingerprint density at radius 1 is 1.17 bits per heavy atom. The van der Waals surface area contributed by atoms with Crippen molar-refractivity contribution in [2.75, 3.05) is 0 Å². The van der Waals surface area contributed by atoms with Gasteiger partial charge >= 0.3 is 6.18 Å². The number of benzene rings is 2. The maximum Gasteiger partial charge on any atom is 0.416 e. The molecule has 0 spiro atoms. The van der Waals surface area contributed by atoms with Crippen molar-refractivity contribution in [1.82, 2.24) is 25.6 Å². The smallest absolute Gasteiger partial charge is 0.271 e. The van der Waals surface area contributed by atoms with Gasteiger partial charge in [-0.05, 0) is 35.4 Å². The van der Waals surface area contributed by atoms with Crippen LogP contribution in [0.5, 0.6) is 0 Å². The molecule has 0 radical (unpaired) electrons. The summed E-state index contributed by atoms with van der Waals surface area (Å²) in [6.45, 7) is 1.55. The van der Waals surface area contributed by atoms with Crippen LogP contribution in [0.2, 0.25) is 0 Å². The molecule has 1 aromatic heterocycles. The predicted molar refractivity (Wildman–Crippen MR) is 105 cm³/mol. The van der Waals surface area contributed by atoms with Crippen LogP contribution < -0.4 is 5.43 Å². The van der Waals surface area contributed by atoms with Gasteiger partial charge in [-0.25, -0.2) is 5.43 Å². The molecule has 0 aliphatic carbocycles. The van der Waals surface area contributed by atoms with Gasteiger partial charge < -0.3 is 0 Å². The largest absolute Gasteiger partial charge is 0.416 e. The highest BCUT2D eigenvalue weighted by molar-refractivity contribution is 5.86. The second-order valence-corrected chi connectivity index (χ2v) is 6.31. The Morgan fingerprint density at radius 3 is 2.67 bits per heavy atom. The first-order valence-corrected chi connectivity index (χ1v) is 8.82. The lowest BCUT2D eigenvalue weighted by molar-refractivity contribution is -0.137. The molecule has 7 nitrogen and oxygen atoms in total. The van der Waals surface area contributed by atoms with Crippen LogP contribution in [0.1, 0.15) is 18.1 Å². The van der Waals surface area contributed by atoms with E-state index in [0.717, 1.165) is 28.1 Å². The van der Waals surface area contributed by atoms with Gasteiger partial charge in [-0.1, -0.05) is 48.5 Å². The van der Waals surface area contributed by atoms with Crippen molar-refractivity contribution < 1.29 is 18.0 Å². The number of halogens is 3. The number of hydrogen-bond donors (Lipinski definition) is 1. The number of amides is 1. The van der Waals surface area contributed by atoms with Crippen LogP contribution >= 0.6 is 0 Å². The summed E-state index contributed by atoms with van der Waals surface area (Å²) in [7, 11) is 0. The first kappa shape index (κ1) is 20.9. The number of aromatic nitrogens is 4. The second kappa shape index (κ2) is 9.12. The molecular formula is C20H17F3N6O. The number of alkyl halides is 3. The van der Waals surface area contributed by atoms with Crippen molar-refractivity contribution in [3.63, 3.8) is 0 Å². The molecule has 3 rings (SSSR count). The van der Waals surface area contributed by atoms with Crippen molar-refractivity contribution in [3.8, 4) is 11.4 Å². The lowest BCUT2D eigenvalue weighted by Crippen LogP contribution is -2.24. The van der Waals surface area contributed by atoms with Crippen LogP contribution in [-0.4, -0.2) is 32.3 Å². The summed E-state index contributed by atoms with van der Waals surface area (Å²) < 4.78 is 38.5. The van der Waals surface area contributed by atoms with Gasteiger partial charge in [-0.2, -0.15) is 23.1 Å². The zero-order chi connectivity index (χ0) is 21.6. The molecule has 1 N–H and O–H groups in total. The van der Waals surface area contributed by atoms with Crippen LogP contribution in [-0.2, 0) is 17.5 Å². The number of hydrogen-bond acceptors (Lipinski definition) is 5. The number of carbonyl (C=O) groups is 1. The Kier molecular flexibility index (Phi) is 6.35. The zero-order valence-corrected chi connectivity index (χ0v) is 15.8. The average molecular weight is 414 g/mol. The normalized spacial score (nSPS) is 12.3. The maximum absolute atomic E-state index is 12.8. The highest BCUT2D eigenvalue weighted by Crippen LogP contribution is 2.31. The number of rotatable bonds is 6. The molecule has 0 unspecified atom stereocenters. The summed E-state index contributed by atoms with van der Waals surface area (Å²) in [5.74, 6) is -0.522. The zero-order valence-electron chi connectivity index (χ0n) is 15.8. The summed E-state index contributed by atoms with van der Waals surface area (Å²) in [6, 6.07) is 14.2. The molecule has 3 aromatic rings. The lowest BCUT2D eigenvalue weighted by Gasteiger charge is -2.06. The number of nitrogens with zero attached hydrogens (tertiary/aromatic N) is 5. The van der Waals surface area contributed by atoms with E-state index in [4.69, 9.17) is 0 Å². The molecule has 0 bridgehead atoms. The van der Waals surface area contributed by atoms with Crippen LogP contribution in [0.3, 0.4) is 0 Å². The van der Waals surface area contributed by atoms with E-state index in [1.54, 1.807) is 0 Å². The summed E-state index contributed by atoms with van der Waals surface area (Å²) in [5.41, 5.74) is 3.50. The Morgan fingerprint density at radius 2 is 1.93 bits per heavy atom. The Hall–Kier alpha value is -3.82. The van der Waals surface area contributed by atoms with E-state index >= 15 is 0 Å². The Labute approximate surface area is 169 Å². The number of allylic oxidation sites excluding steroid dienone is 1. The predicted octanol–water partition coefficient (Wildman–Crippen LogP) is 3.56. The van der Waals surface area contributed by atoms with Gasteiger partial charge in [0.05, 0.1) is 11.8 Å². The monoisotopic (exact) mass is 414 g/mol. The van der Waals surface area contributed by atoms with Crippen molar-refractivity contribution >= 4 is 18.2 Å². The van der Waals surface area contributed by atoms with Crippen molar-refractivity contribution in [3.05, 3.63) is 71.3 Å². The van der Waals surface area contributed by atoms with E-state index in [1.807, 2.05) is 43.3 Å². The summed E-state index contributed by atoms with van der Waals surface area (Å²) in [6.07, 6.45) is -1.08. The Balaban J connectivity index is 1.58. The Bertz CT molecular complexity index is 1070. The molecule has 0 aliphatic rings. The third-order valence-corrected chi connectivity index (χ3v) is 3.84. The molecule has 0 saturated heterocycles. The van der Waals surface area contributed by atoms with Gasteiger partial charge in [0.2, 0.25) is 5.82 Å². The number of hydrazone groups is 1. The highest BCUT2D eigenvalue weighted by atomic mass is 19.4. The lowest BCUT2D eigenvalue weighted by atomic mass is 10.1. The minimum atomic E-state index is -4.48.